The molecule has 4 atom stereocenters. The van der Waals surface area contributed by atoms with Crippen molar-refractivity contribution in [3.05, 3.63) is 52.4 Å². The number of benzene rings is 1. The molecule has 0 radical (unpaired) electrons. The van der Waals surface area contributed by atoms with Gasteiger partial charge < -0.3 is 4.74 Å². The Morgan fingerprint density at radius 2 is 2.14 bits per heavy atom. The lowest BCUT2D eigenvalue weighted by molar-refractivity contribution is -0.127. The summed E-state index contributed by atoms with van der Waals surface area (Å²) in [6, 6.07) is 6.60. The lowest BCUT2D eigenvalue weighted by Gasteiger charge is -2.48. The van der Waals surface area contributed by atoms with E-state index in [1.165, 1.54) is 17.5 Å². The number of rotatable bonds is 2. The molecule has 2 aromatic rings. The maximum absolute atomic E-state index is 13.5. The van der Waals surface area contributed by atoms with Gasteiger partial charge in [0.2, 0.25) is 0 Å². The van der Waals surface area contributed by atoms with Gasteiger partial charge in [-0.15, -0.1) is 0 Å². The number of Topliss-reactive ketones (excluding diaryl/α,β-unsaturated/α-hetero) is 1. The number of hydrogen-bond acceptors (Lipinski definition) is 3. The molecular formula is C25H30N2O2. The summed E-state index contributed by atoms with van der Waals surface area (Å²) in [5.74, 6) is 2.96. The van der Waals surface area contributed by atoms with Crippen LogP contribution in [0.3, 0.4) is 0 Å². The highest BCUT2D eigenvalue weighted by Crippen LogP contribution is 2.60. The van der Waals surface area contributed by atoms with Crippen molar-refractivity contribution >= 4 is 11.9 Å². The zero-order chi connectivity index (χ0) is 20.3. The van der Waals surface area contributed by atoms with Gasteiger partial charge in [0.1, 0.15) is 5.75 Å². The number of carbonyl (C=O) groups is 1. The first kappa shape index (κ1) is 18.7. The molecule has 5 rings (SSSR count). The van der Waals surface area contributed by atoms with Crippen molar-refractivity contribution in [2.24, 2.45) is 24.3 Å². The van der Waals surface area contributed by atoms with E-state index in [1.807, 2.05) is 24.9 Å². The zero-order valence-corrected chi connectivity index (χ0v) is 17.9. The zero-order valence-electron chi connectivity index (χ0n) is 17.9. The van der Waals surface area contributed by atoms with Crippen LogP contribution in [0.1, 0.15) is 60.9 Å². The van der Waals surface area contributed by atoms with E-state index >= 15 is 0 Å². The van der Waals surface area contributed by atoms with Crippen molar-refractivity contribution in [2.75, 3.05) is 7.11 Å². The fourth-order valence-electron chi connectivity index (χ4n) is 6.43. The van der Waals surface area contributed by atoms with Gasteiger partial charge in [-0.05, 0) is 91.7 Å². The Balaban J connectivity index is 1.48. The molecule has 2 saturated carbocycles. The number of ether oxygens (including phenoxy) is 1. The van der Waals surface area contributed by atoms with E-state index in [9.17, 15) is 4.79 Å². The van der Waals surface area contributed by atoms with Gasteiger partial charge in [0.15, 0.2) is 5.78 Å². The normalized spacial score (nSPS) is 32.1. The molecule has 0 spiro atoms. The molecule has 0 bridgehead atoms. The molecule has 1 aromatic carbocycles. The van der Waals surface area contributed by atoms with Crippen LogP contribution in [0.5, 0.6) is 5.75 Å². The fourth-order valence-corrected chi connectivity index (χ4v) is 6.43. The molecule has 152 valence electrons. The Kier molecular flexibility index (Phi) is 4.23. The number of methoxy groups -OCH3 is 1. The summed E-state index contributed by atoms with van der Waals surface area (Å²) in [6.07, 6.45) is 9.43. The molecule has 2 fully saturated rings. The monoisotopic (exact) mass is 390 g/mol. The van der Waals surface area contributed by atoms with E-state index in [0.29, 0.717) is 23.5 Å². The summed E-state index contributed by atoms with van der Waals surface area (Å²) in [5, 5.41) is 4.44. The SMILES string of the molecule is COc1ccc2c(c1)CC[C@@H]1[C@H]2CC[C@]2(C)C(=O)/C(=C/c3cn(C)nc3C)C[C@@H]12. The Morgan fingerprint density at radius 3 is 2.86 bits per heavy atom. The predicted octanol–water partition coefficient (Wildman–Crippen LogP) is 4.86. The van der Waals surface area contributed by atoms with Gasteiger partial charge in [-0.2, -0.15) is 5.10 Å². The molecule has 29 heavy (non-hydrogen) atoms. The van der Waals surface area contributed by atoms with E-state index in [-0.39, 0.29) is 5.41 Å². The predicted molar refractivity (Wildman–Crippen MR) is 114 cm³/mol. The summed E-state index contributed by atoms with van der Waals surface area (Å²) >= 11 is 0. The summed E-state index contributed by atoms with van der Waals surface area (Å²) in [6.45, 7) is 4.25. The van der Waals surface area contributed by atoms with E-state index in [4.69, 9.17) is 4.74 Å². The number of hydrogen-bond donors (Lipinski definition) is 0. The summed E-state index contributed by atoms with van der Waals surface area (Å²) in [5.41, 5.74) is 5.82. The van der Waals surface area contributed by atoms with Crippen molar-refractivity contribution < 1.29 is 9.53 Å². The second kappa shape index (κ2) is 6.58. The number of aryl methyl sites for hydroxylation is 3. The number of nitrogens with zero attached hydrogens (tertiary/aromatic N) is 2. The molecule has 3 aliphatic carbocycles. The summed E-state index contributed by atoms with van der Waals surface area (Å²) in [7, 11) is 3.67. The maximum Gasteiger partial charge on any atom is 0.165 e. The molecule has 4 nitrogen and oxygen atoms in total. The van der Waals surface area contributed by atoms with Crippen molar-refractivity contribution in [1.29, 1.82) is 0 Å². The molecular weight excluding hydrogens is 360 g/mol. The van der Waals surface area contributed by atoms with Crippen LogP contribution in [0.2, 0.25) is 0 Å². The van der Waals surface area contributed by atoms with Gasteiger partial charge in [0, 0.05) is 24.2 Å². The van der Waals surface area contributed by atoms with E-state index in [0.717, 1.165) is 48.3 Å². The topological polar surface area (TPSA) is 44.1 Å². The van der Waals surface area contributed by atoms with Gasteiger partial charge in [-0.1, -0.05) is 13.0 Å². The van der Waals surface area contributed by atoms with Gasteiger partial charge in [0.25, 0.3) is 0 Å². The molecule has 3 aliphatic rings. The second-order valence-corrected chi connectivity index (χ2v) is 9.48. The van der Waals surface area contributed by atoms with Crippen molar-refractivity contribution in [2.45, 2.75) is 51.9 Å². The van der Waals surface area contributed by atoms with Crippen LogP contribution in [0, 0.1) is 24.2 Å². The number of fused-ring (bicyclic) bond motifs is 5. The molecule has 1 heterocycles. The second-order valence-electron chi connectivity index (χ2n) is 9.48. The van der Waals surface area contributed by atoms with Crippen molar-refractivity contribution in [3.8, 4) is 5.75 Å². The van der Waals surface area contributed by atoms with Crippen LogP contribution >= 0.6 is 0 Å². The van der Waals surface area contributed by atoms with Crippen LogP contribution in [0.4, 0.5) is 0 Å². The first-order valence-corrected chi connectivity index (χ1v) is 10.8. The van der Waals surface area contributed by atoms with E-state index in [2.05, 4.69) is 36.3 Å². The van der Waals surface area contributed by atoms with E-state index < -0.39 is 0 Å². The molecule has 0 saturated heterocycles. The quantitative estimate of drug-likeness (QED) is 0.688. The van der Waals surface area contributed by atoms with Crippen LogP contribution < -0.4 is 4.74 Å². The average molecular weight is 391 g/mol. The highest BCUT2D eigenvalue weighted by molar-refractivity contribution is 6.06. The van der Waals surface area contributed by atoms with Crippen LogP contribution in [0.15, 0.2) is 30.0 Å². The molecule has 1 aromatic heterocycles. The number of aromatic nitrogens is 2. The third-order valence-electron chi connectivity index (χ3n) is 7.95. The summed E-state index contributed by atoms with van der Waals surface area (Å²) < 4.78 is 7.27. The smallest absolute Gasteiger partial charge is 0.165 e. The molecule has 4 heteroatoms. The third-order valence-corrected chi connectivity index (χ3v) is 7.95. The highest BCUT2D eigenvalue weighted by atomic mass is 16.5. The molecule has 0 N–H and O–H groups in total. The minimum absolute atomic E-state index is 0.201. The number of carbonyl (C=O) groups excluding carboxylic acids is 1. The fraction of sp³-hybridized carbons (Fsp3) is 0.520. The third kappa shape index (κ3) is 2.79. The van der Waals surface area contributed by atoms with Crippen LogP contribution in [-0.4, -0.2) is 22.7 Å². The minimum atomic E-state index is -0.201. The van der Waals surface area contributed by atoms with Gasteiger partial charge in [-0.25, -0.2) is 0 Å². The van der Waals surface area contributed by atoms with Gasteiger partial charge in [-0.3, -0.25) is 9.48 Å². The molecule has 0 amide bonds. The van der Waals surface area contributed by atoms with Gasteiger partial charge in [0.05, 0.1) is 12.8 Å². The highest BCUT2D eigenvalue weighted by Gasteiger charge is 2.56. The minimum Gasteiger partial charge on any atom is -0.497 e. The molecule has 0 unspecified atom stereocenters. The maximum atomic E-state index is 13.5. The van der Waals surface area contributed by atoms with Crippen molar-refractivity contribution in [3.63, 3.8) is 0 Å². The largest absolute Gasteiger partial charge is 0.497 e. The lowest BCUT2D eigenvalue weighted by Crippen LogP contribution is -2.42. The Morgan fingerprint density at radius 1 is 1.31 bits per heavy atom. The average Bonchev–Trinajstić information content (AvgIpc) is 3.17. The lowest BCUT2D eigenvalue weighted by atomic mass is 9.55. The number of ketones is 1. The van der Waals surface area contributed by atoms with Gasteiger partial charge >= 0.3 is 0 Å². The Hall–Kier alpha value is -2.36. The first-order chi connectivity index (χ1) is 13.9. The first-order valence-electron chi connectivity index (χ1n) is 10.8. The van der Waals surface area contributed by atoms with Crippen LogP contribution in [-0.2, 0) is 18.3 Å². The Labute approximate surface area is 173 Å². The Bertz CT molecular complexity index is 1020. The summed E-state index contributed by atoms with van der Waals surface area (Å²) in [4.78, 5) is 13.5. The van der Waals surface area contributed by atoms with E-state index in [1.54, 1.807) is 7.11 Å². The van der Waals surface area contributed by atoms with Crippen LogP contribution in [0.25, 0.3) is 6.08 Å². The standard InChI is InChI=1S/C25H30N2O2/c1-15-18(14-27(3)26-15)11-17-13-23-22-7-5-16-12-19(29-4)6-8-20(16)21(22)9-10-25(23,2)24(17)28/h6,8,11-12,14,21-23H,5,7,9-10,13H2,1-4H3/b17-11+/t21-,22+,23-,25-/m0/s1. The molecule has 0 aliphatic heterocycles. The van der Waals surface area contributed by atoms with Crippen molar-refractivity contribution in [1.82, 2.24) is 9.78 Å². The number of allylic oxidation sites excluding steroid dienone is 1.